The van der Waals surface area contributed by atoms with Gasteiger partial charge in [-0.15, -0.1) is 0 Å². The lowest BCUT2D eigenvalue weighted by molar-refractivity contribution is -0.126. The molecular weight excluding hydrogens is 318 g/mol. The van der Waals surface area contributed by atoms with Gasteiger partial charge < -0.3 is 19.9 Å². The standard InChI is InChI=1S/C19H29N3O3/c1-19(2,13-21(3)4)12-20-18(24)14-10-17(23)22(11-14)15-6-8-16(25-5)9-7-15/h6-9,14H,10-13H2,1-5H3,(H,20,24). The second kappa shape index (κ2) is 7.87. The van der Waals surface area contributed by atoms with Crippen LogP contribution in [0.3, 0.4) is 0 Å². The van der Waals surface area contributed by atoms with Crippen molar-refractivity contribution in [2.75, 3.05) is 45.7 Å². The van der Waals surface area contributed by atoms with Crippen molar-refractivity contribution in [2.24, 2.45) is 11.3 Å². The number of amides is 2. The van der Waals surface area contributed by atoms with Crippen LogP contribution < -0.4 is 15.0 Å². The molecule has 1 aromatic rings. The number of methoxy groups -OCH3 is 1. The van der Waals surface area contributed by atoms with Crippen LogP contribution in [0.15, 0.2) is 24.3 Å². The van der Waals surface area contributed by atoms with Crippen molar-refractivity contribution in [1.82, 2.24) is 10.2 Å². The van der Waals surface area contributed by atoms with Gasteiger partial charge in [-0.25, -0.2) is 0 Å². The summed E-state index contributed by atoms with van der Waals surface area (Å²) in [5, 5.41) is 3.02. The lowest BCUT2D eigenvalue weighted by Crippen LogP contribution is -2.42. The molecule has 1 N–H and O–H groups in total. The van der Waals surface area contributed by atoms with Gasteiger partial charge in [-0.2, -0.15) is 0 Å². The molecule has 6 heteroatoms. The van der Waals surface area contributed by atoms with E-state index in [0.717, 1.165) is 18.0 Å². The van der Waals surface area contributed by atoms with Crippen LogP contribution >= 0.6 is 0 Å². The zero-order chi connectivity index (χ0) is 18.6. The first kappa shape index (κ1) is 19.2. The molecule has 0 radical (unpaired) electrons. The number of nitrogens with one attached hydrogen (secondary N) is 1. The number of nitrogens with zero attached hydrogens (tertiary/aromatic N) is 2. The molecule has 0 saturated carbocycles. The summed E-state index contributed by atoms with van der Waals surface area (Å²) >= 11 is 0. The van der Waals surface area contributed by atoms with E-state index in [2.05, 4.69) is 24.1 Å². The van der Waals surface area contributed by atoms with Gasteiger partial charge in [-0.3, -0.25) is 9.59 Å². The minimum absolute atomic E-state index is 0.0159. The Kier molecular flexibility index (Phi) is 6.06. The molecule has 25 heavy (non-hydrogen) atoms. The maximum atomic E-state index is 12.5. The zero-order valence-electron chi connectivity index (χ0n) is 15.8. The summed E-state index contributed by atoms with van der Waals surface area (Å²) < 4.78 is 5.14. The van der Waals surface area contributed by atoms with Crippen molar-refractivity contribution in [3.8, 4) is 5.75 Å². The average Bonchev–Trinajstić information content (AvgIpc) is 2.93. The number of rotatable bonds is 7. The molecule has 0 spiro atoms. The molecule has 1 aliphatic rings. The number of anilines is 1. The van der Waals surface area contributed by atoms with Gasteiger partial charge in [0.25, 0.3) is 0 Å². The molecule has 1 aromatic carbocycles. The van der Waals surface area contributed by atoms with Gasteiger partial charge in [-0.1, -0.05) is 13.8 Å². The molecule has 2 amide bonds. The van der Waals surface area contributed by atoms with E-state index in [1.54, 1.807) is 12.0 Å². The highest BCUT2D eigenvalue weighted by Gasteiger charge is 2.35. The summed E-state index contributed by atoms with van der Waals surface area (Å²) in [4.78, 5) is 28.6. The molecule has 6 nitrogen and oxygen atoms in total. The van der Waals surface area contributed by atoms with Crippen molar-refractivity contribution in [1.29, 1.82) is 0 Å². The Hall–Kier alpha value is -2.08. The molecule has 2 rings (SSSR count). The lowest BCUT2D eigenvalue weighted by Gasteiger charge is -2.29. The quantitative estimate of drug-likeness (QED) is 0.816. The first-order chi connectivity index (χ1) is 11.7. The third-order valence-corrected chi connectivity index (χ3v) is 4.37. The number of ether oxygens (including phenoxy) is 1. The number of hydrogen-bond acceptors (Lipinski definition) is 4. The van der Waals surface area contributed by atoms with Crippen LogP contribution in [0.4, 0.5) is 5.69 Å². The van der Waals surface area contributed by atoms with E-state index in [0.29, 0.717) is 13.1 Å². The monoisotopic (exact) mass is 347 g/mol. The second-order valence-electron chi connectivity index (χ2n) is 7.72. The van der Waals surface area contributed by atoms with Gasteiger partial charge in [0.15, 0.2) is 0 Å². The van der Waals surface area contributed by atoms with Crippen LogP contribution in [-0.2, 0) is 9.59 Å². The first-order valence-corrected chi connectivity index (χ1v) is 8.59. The van der Waals surface area contributed by atoms with Crippen LogP contribution in [0.2, 0.25) is 0 Å². The van der Waals surface area contributed by atoms with Gasteiger partial charge >= 0.3 is 0 Å². The third-order valence-electron chi connectivity index (χ3n) is 4.37. The lowest BCUT2D eigenvalue weighted by atomic mass is 9.92. The fraction of sp³-hybridized carbons (Fsp3) is 0.579. The minimum atomic E-state index is -0.301. The molecular formula is C19H29N3O3. The summed E-state index contributed by atoms with van der Waals surface area (Å²) in [6.45, 7) is 6.14. The smallest absolute Gasteiger partial charge is 0.227 e. The predicted molar refractivity (Wildman–Crippen MR) is 98.8 cm³/mol. The van der Waals surface area contributed by atoms with Gasteiger partial charge in [0.2, 0.25) is 11.8 Å². The molecule has 1 fully saturated rings. The maximum absolute atomic E-state index is 12.5. The van der Waals surface area contributed by atoms with E-state index in [1.165, 1.54) is 0 Å². The highest BCUT2D eigenvalue weighted by atomic mass is 16.5. The summed E-state index contributed by atoms with van der Waals surface area (Å²) in [6, 6.07) is 7.33. The van der Waals surface area contributed by atoms with E-state index in [1.807, 2.05) is 38.4 Å². The summed E-state index contributed by atoms with van der Waals surface area (Å²) in [5.74, 6) is 0.381. The first-order valence-electron chi connectivity index (χ1n) is 8.59. The Balaban J connectivity index is 1.93. The van der Waals surface area contributed by atoms with Crippen LogP contribution in [0.1, 0.15) is 20.3 Å². The molecule has 138 valence electrons. The molecule has 1 atom stereocenters. The molecule has 0 bridgehead atoms. The van der Waals surface area contributed by atoms with E-state index in [4.69, 9.17) is 4.74 Å². The fourth-order valence-electron chi connectivity index (χ4n) is 3.28. The number of carbonyl (C=O) groups is 2. The number of hydrogen-bond donors (Lipinski definition) is 1. The largest absolute Gasteiger partial charge is 0.497 e. The molecule has 1 heterocycles. The fourth-order valence-corrected chi connectivity index (χ4v) is 3.28. The third kappa shape index (κ3) is 5.19. The van der Waals surface area contributed by atoms with Crippen LogP contribution in [0.25, 0.3) is 0 Å². The molecule has 1 saturated heterocycles. The van der Waals surface area contributed by atoms with E-state index in [9.17, 15) is 9.59 Å². The van der Waals surface area contributed by atoms with E-state index < -0.39 is 0 Å². The van der Waals surface area contributed by atoms with Crippen LogP contribution in [0.5, 0.6) is 5.75 Å². The Morgan fingerprint density at radius 3 is 2.52 bits per heavy atom. The Morgan fingerprint density at radius 1 is 1.32 bits per heavy atom. The summed E-state index contributed by atoms with van der Waals surface area (Å²) in [5.41, 5.74) is 0.784. The Morgan fingerprint density at radius 2 is 1.96 bits per heavy atom. The van der Waals surface area contributed by atoms with Crippen molar-refractivity contribution in [3.05, 3.63) is 24.3 Å². The molecule has 1 unspecified atom stereocenters. The van der Waals surface area contributed by atoms with Gasteiger partial charge in [0.05, 0.1) is 13.0 Å². The minimum Gasteiger partial charge on any atom is -0.497 e. The number of benzene rings is 1. The van der Waals surface area contributed by atoms with Crippen molar-refractivity contribution < 1.29 is 14.3 Å². The Bertz CT molecular complexity index is 611. The van der Waals surface area contributed by atoms with Crippen molar-refractivity contribution in [3.63, 3.8) is 0 Å². The second-order valence-corrected chi connectivity index (χ2v) is 7.72. The van der Waals surface area contributed by atoms with E-state index >= 15 is 0 Å². The summed E-state index contributed by atoms with van der Waals surface area (Å²) in [6.07, 6.45) is 0.256. The van der Waals surface area contributed by atoms with Crippen molar-refractivity contribution in [2.45, 2.75) is 20.3 Å². The summed E-state index contributed by atoms with van der Waals surface area (Å²) in [7, 11) is 5.64. The van der Waals surface area contributed by atoms with Crippen LogP contribution in [0, 0.1) is 11.3 Å². The average molecular weight is 347 g/mol. The SMILES string of the molecule is COc1ccc(N2CC(C(=O)NCC(C)(C)CN(C)C)CC2=O)cc1. The predicted octanol–water partition coefficient (Wildman–Crippen LogP) is 1.75. The normalized spacial score (nSPS) is 17.9. The van der Waals surface area contributed by atoms with E-state index in [-0.39, 0.29) is 29.6 Å². The van der Waals surface area contributed by atoms with Gasteiger partial charge in [-0.05, 0) is 43.8 Å². The molecule has 1 aliphatic heterocycles. The van der Waals surface area contributed by atoms with Crippen LogP contribution in [-0.4, -0.2) is 57.6 Å². The number of carbonyl (C=O) groups excluding carboxylic acids is 2. The molecule has 0 aromatic heterocycles. The highest BCUT2D eigenvalue weighted by molar-refractivity contribution is 6.00. The Labute approximate surface area is 150 Å². The zero-order valence-corrected chi connectivity index (χ0v) is 15.8. The topological polar surface area (TPSA) is 61.9 Å². The van der Waals surface area contributed by atoms with Gasteiger partial charge in [0, 0.05) is 31.7 Å². The van der Waals surface area contributed by atoms with Gasteiger partial charge in [0.1, 0.15) is 5.75 Å². The molecule has 0 aliphatic carbocycles. The maximum Gasteiger partial charge on any atom is 0.227 e. The highest BCUT2D eigenvalue weighted by Crippen LogP contribution is 2.27. The van der Waals surface area contributed by atoms with Crippen molar-refractivity contribution >= 4 is 17.5 Å².